The molecular formula is C18H19ClN2OS. The van der Waals surface area contributed by atoms with Gasteiger partial charge >= 0.3 is 6.03 Å². The molecule has 23 heavy (non-hydrogen) atoms. The number of benzene rings is 1. The van der Waals surface area contributed by atoms with E-state index in [4.69, 9.17) is 18.0 Å². The summed E-state index contributed by atoms with van der Waals surface area (Å²) in [6.07, 6.45) is 5.40. The summed E-state index contributed by atoms with van der Waals surface area (Å²) in [4.78, 5) is 15.1. The first kappa shape index (κ1) is 17.4. The first-order valence-corrected chi connectivity index (χ1v) is 8.48. The number of halogens is 1. The molecule has 0 aliphatic heterocycles. The summed E-state index contributed by atoms with van der Waals surface area (Å²) in [5.74, 6) is 2.54. The van der Waals surface area contributed by atoms with Crippen molar-refractivity contribution in [2.75, 3.05) is 6.54 Å². The summed E-state index contributed by atoms with van der Waals surface area (Å²) in [5.41, 5.74) is 2.23. The average molecular weight is 347 g/mol. The Kier molecular flexibility index (Phi) is 6.09. The minimum Gasteiger partial charge on any atom is -0.331 e. The van der Waals surface area contributed by atoms with E-state index in [2.05, 4.69) is 11.2 Å². The molecule has 1 heterocycles. The van der Waals surface area contributed by atoms with Crippen molar-refractivity contribution in [3.8, 4) is 12.3 Å². The normalized spacial score (nSPS) is 11.6. The third kappa shape index (κ3) is 5.02. The molecule has 3 nitrogen and oxygen atoms in total. The lowest BCUT2D eigenvalue weighted by atomic mass is 10.1. The van der Waals surface area contributed by atoms with E-state index in [1.54, 1.807) is 4.90 Å². The highest BCUT2D eigenvalue weighted by Gasteiger charge is 2.17. The third-order valence-electron chi connectivity index (χ3n) is 3.42. The molecule has 2 rings (SSSR count). The number of aryl methyl sites for hydroxylation is 1. The van der Waals surface area contributed by atoms with Crippen molar-refractivity contribution in [2.45, 2.75) is 26.4 Å². The van der Waals surface area contributed by atoms with Crippen molar-refractivity contribution >= 4 is 29.0 Å². The highest BCUT2D eigenvalue weighted by molar-refractivity contribution is 7.16. The van der Waals surface area contributed by atoms with E-state index in [0.717, 1.165) is 10.4 Å². The number of nitrogens with one attached hydrogen (secondary N) is 1. The number of amides is 2. The molecular weight excluding hydrogens is 328 g/mol. The second-order valence-electron chi connectivity index (χ2n) is 5.36. The fourth-order valence-corrected chi connectivity index (χ4v) is 3.20. The molecule has 0 saturated carbocycles. The van der Waals surface area contributed by atoms with Gasteiger partial charge in [-0.15, -0.1) is 17.8 Å². The van der Waals surface area contributed by atoms with E-state index in [0.29, 0.717) is 10.9 Å². The number of thiophene rings is 1. The molecule has 0 aliphatic carbocycles. The number of carbonyl (C=O) groups excluding carboxylic acids is 1. The second kappa shape index (κ2) is 8.05. The van der Waals surface area contributed by atoms with E-state index in [-0.39, 0.29) is 18.6 Å². The Morgan fingerprint density at radius 1 is 1.35 bits per heavy atom. The fourth-order valence-electron chi connectivity index (χ4n) is 2.13. The van der Waals surface area contributed by atoms with Gasteiger partial charge in [-0.3, -0.25) is 0 Å². The van der Waals surface area contributed by atoms with E-state index in [1.807, 2.05) is 50.2 Å². The average Bonchev–Trinajstić information content (AvgIpc) is 2.95. The molecule has 0 spiro atoms. The number of terminal acetylenes is 1. The molecule has 1 aromatic heterocycles. The van der Waals surface area contributed by atoms with Crippen molar-refractivity contribution in [3.63, 3.8) is 0 Å². The van der Waals surface area contributed by atoms with Gasteiger partial charge < -0.3 is 10.2 Å². The predicted octanol–water partition coefficient (Wildman–Crippen LogP) is 4.62. The molecule has 0 bridgehead atoms. The van der Waals surface area contributed by atoms with Crippen LogP contribution < -0.4 is 5.32 Å². The Morgan fingerprint density at radius 3 is 2.61 bits per heavy atom. The second-order valence-corrected chi connectivity index (χ2v) is 7.11. The van der Waals surface area contributed by atoms with Crippen molar-refractivity contribution in [2.24, 2.45) is 0 Å². The summed E-state index contributed by atoms with van der Waals surface area (Å²) < 4.78 is 0.709. The largest absolute Gasteiger partial charge is 0.331 e. The molecule has 0 saturated heterocycles. The lowest BCUT2D eigenvalue weighted by Crippen LogP contribution is -2.40. The number of rotatable bonds is 5. The van der Waals surface area contributed by atoms with E-state index in [9.17, 15) is 4.79 Å². The van der Waals surface area contributed by atoms with Crippen molar-refractivity contribution in [1.29, 1.82) is 0 Å². The first-order chi connectivity index (χ1) is 11.0. The highest BCUT2D eigenvalue weighted by Crippen LogP contribution is 2.26. The quantitative estimate of drug-likeness (QED) is 0.787. The summed E-state index contributed by atoms with van der Waals surface area (Å²) >= 11 is 7.40. The predicted molar refractivity (Wildman–Crippen MR) is 96.7 cm³/mol. The van der Waals surface area contributed by atoms with Gasteiger partial charge in [0, 0.05) is 11.4 Å². The number of hydrogen-bond acceptors (Lipinski definition) is 2. The van der Waals surface area contributed by atoms with Gasteiger partial charge in [0.2, 0.25) is 0 Å². The van der Waals surface area contributed by atoms with E-state index >= 15 is 0 Å². The van der Waals surface area contributed by atoms with Gasteiger partial charge in [0.25, 0.3) is 0 Å². The van der Waals surface area contributed by atoms with Crippen LogP contribution in [0.5, 0.6) is 0 Å². The van der Waals surface area contributed by atoms with Gasteiger partial charge in [0.15, 0.2) is 0 Å². The Labute approximate surface area is 146 Å². The van der Waals surface area contributed by atoms with Crippen molar-refractivity contribution in [1.82, 2.24) is 10.2 Å². The first-order valence-electron chi connectivity index (χ1n) is 7.29. The van der Waals surface area contributed by atoms with Crippen LogP contribution in [0.2, 0.25) is 4.34 Å². The Hall–Kier alpha value is -1.96. The molecule has 1 N–H and O–H groups in total. The third-order valence-corrected chi connectivity index (χ3v) is 4.84. The maximum absolute atomic E-state index is 12.5. The van der Waals surface area contributed by atoms with Gasteiger partial charge in [-0.25, -0.2) is 4.79 Å². The molecule has 1 aromatic carbocycles. The van der Waals surface area contributed by atoms with Crippen molar-refractivity contribution in [3.05, 3.63) is 56.7 Å². The minimum atomic E-state index is -0.180. The van der Waals surface area contributed by atoms with Gasteiger partial charge in [0.05, 0.1) is 16.9 Å². The standard InChI is InChI=1S/C18H19ClN2OS/c1-4-11-21(12-15-7-5-13(2)6-8-15)18(22)20-14(3)16-9-10-17(19)23-16/h1,5-10,14H,11-12H2,2-3H3,(H,20,22). The van der Waals surface area contributed by atoms with Crippen LogP contribution >= 0.6 is 22.9 Å². The van der Waals surface area contributed by atoms with E-state index in [1.165, 1.54) is 16.9 Å². The number of nitrogens with zero attached hydrogens (tertiary/aromatic N) is 1. The number of urea groups is 1. The number of hydrogen-bond donors (Lipinski definition) is 1. The lowest BCUT2D eigenvalue weighted by Gasteiger charge is -2.23. The maximum Gasteiger partial charge on any atom is 0.318 e. The smallest absolute Gasteiger partial charge is 0.318 e. The zero-order valence-electron chi connectivity index (χ0n) is 13.2. The Bertz CT molecular complexity index is 703. The Morgan fingerprint density at radius 2 is 2.04 bits per heavy atom. The minimum absolute atomic E-state index is 0.113. The van der Waals surface area contributed by atoms with Crippen LogP contribution in [0, 0.1) is 19.3 Å². The van der Waals surface area contributed by atoms with Crippen LogP contribution in [0.1, 0.15) is 29.0 Å². The van der Waals surface area contributed by atoms with Gasteiger partial charge in [-0.05, 0) is 31.5 Å². The molecule has 0 aliphatic rings. The number of carbonyl (C=O) groups is 1. The lowest BCUT2D eigenvalue weighted by molar-refractivity contribution is 0.198. The molecule has 2 amide bonds. The van der Waals surface area contributed by atoms with Crippen LogP contribution in [0.25, 0.3) is 0 Å². The van der Waals surface area contributed by atoms with Crippen LogP contribution in [0.4, 0.5) is 4.79 Å². The summed E-state index contributed by atoms with van der Waals surface area (Å²) in [6.45, 7) is 4.70. The van der Waals surface area contributed by atoms with Crippen LogP contribution in [-0.4, -0.2) is 17.5 Å². The van der Waals surface area contributed by atoms with Crippen LogP contribution in [0.3, 0.4) is 0 Å². The van der Waals surface area contributed by atoms with Crippen molar-refractivity contribution < 1.29 is 4.79 Å². The van der Waals surface area contributed by atoms with E-state index < -0.39 is 0 Å². The molecule has 120 valence electrons. The monoisotopic (exact) mass is 346 g/mol. The zero-order chi connectivity index (χ0) is 16.8. The molecule has 5 heteroatoms. The maximum atomic E-state index is 12.5. The zero-order valence-corrected chi connectivity index (χ0v) is 14.7. The molecule has 1 unspecified atom stereocenters. The summed E-state index contributed by atoms with van der Waals surface area (Å²) in [7, 11) is 0. The SMILES string of the molecule is C#CCN(Cc1ccc(C)cc1)C(=O)NC(C)c1ccc(Cl)s1. The van der Waals surface area contributed by atoms with Crippen LogP contribution in [-0.2, 0) is 6.54 Å². The summed E-state index contributed by atoms with van der Waals surface area (Å²) in [5, 5.41) is 2.97. The summed E-state index contributed by atoms with van der Waals surface area (Å²) in [6, 6.07) is 11.5. The van der Waals surface area contributed by atoms with Gasteiger partial charge in [0.1, 0.15) is 0 Å². The van der Waals surface area contributed by atoms with Gasteiger partial charge in [-0.1, -0.05) is 47.4 Å². The van der Waals surface area contributed by atoms with Crippen LogP contribution in [0.15, 0.2) is 36.4 Å². The topological polar surface area (TPSA) is 32.3 Å². The fraction of sp³-hybridized carbons (Fsp3) is 0.278. The highest BCUT2D eigenvalue weighted by atomic mass is 35.5. The molecule has 0 fully saturated rings. The van der Waals surface area contributed by atoms with Gasteiger partial charge in [-0.2, -0.15) is 0 Å². The molecule has 1 atom stereocenters. The Balaban J connectivity index is 2.03. The molecule has 2 aromatic rings. The molecule has 0 radical (unpaired) electrons.